The molecule has 1 aromatic heterocycles. The highest BCUT2D eigenvalue weighted by Gasteiger charge is 2.35. The van der Waals surface area contributed by atoms with Crippen molar-refractivity contribution in [2.75, 3.05) is 38.5 Å². The number of aromatic nitrogens is 1. The number of rotatable bonds is 4. The fourth-order valence-electron chi connectivity index (χ4n) is 3.55. The Morgan fingerprint density at radius 3 is 2.46 bits per heavy atom. The summed E-state index contributed by atoms with van der Waals surface area (Å²) in [5.74, 6) is 0.974. The maximum absolute atomic E-state index is 12.9. The summed E-state index contributed by atoms with van der Waals surface area (Å²) < 4.78 is 33.7. The molecule has 0 aromatic carbocycles. The average molecular weight is 385 g/mol. The summed E-state index contributed by atoms with van der Waals surface area (Å²) in [5.41, 5.74) is 0. The van der Waals surface area contributed by atoms with Gasteiger partial charge in [-0.3, -0.25) is 5.32 Å². The molecule has 0 bridgehead atoms. The molecule has 3 rings (SSSR count). The van der Waals surface area contributed by atoms with E-state index in [9.17, 15) is 13.2 Å². The predicted octanol–water partition coefficient (Wildman–Crippen LogP) is 1.64. The maximum Gasteiger partial charge on any atom is 0.323 e. The molecule has 0 atom stereocenters. The molecular formula is C16H27N5O4S. The molecule has 2 amide bonds. The number of carbonyl (C=O) groups is 1. The summed E-state index contributed by atoms with van der Waals surface area (Å²) in [7, 11) is -1.81. The van der Waals surface area contributed by atoms with E-state index >= 15 is 0 Å². The lowest BCUT2D eigenvalue weighted by atomic mass is 9.96. The van der Waals surface area contributed by atoms with Gasteiger partial charge in [0.15, 0.2) is 5.82 Å². The molecular weight excluding hydrogens is 358 g/mol. The van der Waals surface area contributed by atoms with Gasteiger partial charge in [-0.25, -0.2) is 4.79 Å². The van der Waals surface area contributed by atoms with Crippen LogP contribution in [0.25, 0.3) is 0 Å². The minimum Gasteiger partial charge on any atom is -0.360 e. The summed E-state index contributed by atoms with van der Waals surface area (Å²) in [5, 5.41) is 6.40. The lowest BCUT2D eigenvalue weighted by Crippen LogP contribution is -2.55. The van der Waals surface area contributed by atoms with Crippen molar-refractivity contribution in [3.05, 3.63) is 11.8 Å². The van der Waals surface area contributed by atoms with Crippen molar-refractivity contribution in [3.63, 3.8) is 0 Å². The van der Waals surface area contributed by atoms with Crippen LogP contribution in [0.1, 0.15) is 37.9 Å². The Labute approximate surface area is 154 Å². The van der Waals surface area contributed by atoms with Crippen molar-refractivity contribution >= 4 is 22.1 Å². The fraction of sp³-hybridized carbons (Fsp3) is 0.750. The smallest absolute Gasteiger partial charge is 0.323 e. The summed E-state index contributed by atoms with van der Waals surface area (Å²) >= 11 is 0. The van der Waals surface area contributed by atoms with Gasteiger partial charge < -0.3 is 9.42 Å². The van der Waals surface area contributed by atoms with Crippen molar-refractivity contribution in [1.29, 1.82) is 0 Å². The second-order valence-electron chi connectivity index (χ2n) is 6.95. The Morgan fingerprint density at radius 1 is 1.23 bits per heavy atom. The van der Waals surface area contributed by atoms with Crippen molar-refractivity contribution in [1.82, 2.24) is 18.7 Å². The zero-order chi connectivity index (χ0) is 18.7. The average Bonchev–Trinajstić information content (AvgIpc) is 3.06. The standard InChI is InChI=1S/C16H27N5O4S/c1-13-12-15(18-25-13)17-16(22)20-8-10-21(11-9-20)26(23,24)19(2)14-6-4-3-5-7-14/h12,14H,3-11H2,1-2H3,(H,17,18,22). The molecule has 26 heavy (non-hydrogen) atoms. The van der Waals surface area contributed by atoms with Gasteiger partial charge in [0.05, 0.1) is 0 Å². The minimum absolute atomic E-state index is 0.0884. The van der Waals surface area contributed by atoms with Crippen LogP contribution < -0.4 is 5.32 Å². The molecule has 2 heterocycles. The summed E-state index contributed by atoms with van der Waals surface area (Å²) in [6.45, 7) is 3.03. The van der Waals surface area contributed by atoms with E-state index in [4.69, 9.17) is 4.52 Å². The van der Waals surface area contributed by atoms with E-state index in [1.165, 1.54) is 15.0 Å². The highest BCUT2D eigenvalue weighted by Crippen LogP contribution is 2.25. The second kappa shape index (κ2) is 7.93. The predicted molar refractivity (Wildman–Crippen MR) is 97.0 cm³/mol. The van der Waals surface area contributed by atoms with Crippen LogP contribution in [-0.2, 0) is 10.2 Å². The lowest BCUT2D eigenvalue weighted by molar-refractivity contribution is 0.177. The van der Waals surface area contributed by atoms with Gasteiger partial charge in [0.2, 0.25) is 0 Å². The number of piperazine rings is 1. The number of anilines is 1. The summed E-state index contributed by atoms with van der Waals surface area (Å²) in [4.78, 5) is 13.9. The fourth-order valence-corrected chi connectivity index (χ4v) is 5.13. The molecule has 2 aliphatic rings. The molecule has 0 radical (unpaired) electrons. The molecule has 10 heteroatoms. The van der Waals surface area contributed by atoms with E-state index in [1.807, 2.05) is 0 Å². The molecule has 1 saturated carbocycles. The van der Waals surface area contributed by atoms with Gasteiger partial charge >= 0.3 is 6.03 Å². The minimum atomic E-state index is -3.49. The largest absolute Gasteiger partial charge is 0.360 e. The summed E-state index contributed by atoms with van der Waals surface area (Å²) in [6, 6.07) is 1.43. The van der Waals surface area contributed by atoms with Crippen LogP contribution in [0, 0.1) is 6.92 Å². The van der Waals surface area contributed by atoms with Crippen LogP contribution in [0.3, 0.4) is 0 Å². The van der Waals surface area contributed by atoms with Crippen LogP contribution in [0.2, 0.25) is 0 Å². The quantitative estimate of drug-likeness (QED) is 0.849. The third-order valence-corrected chi connectivity index (χ3v) is 7.21. The molecule has 2 fully saturated rings. The molecule has 1 aromatic rings. The van der Waals surface area contributed by atoms with Gasteiger partial charge in [-0.05, 0) is 19.8 Å². The van der Waals surface area contributed by atoms with Crippen LogP contribution in [0.5, 0.6) is 0 Å². The number of carbonyl (C=O) groups excluding carboxylic acids is 1. The number of hydrogen-bond acceptors (Lipinski definition) is 5. The molecule has 1 saturated heterocycles. The second-order valence-corrected chi connectivity index (χ2v) is 8.94. The van der Waals surface area contributed by atoms with Gasteiger partial charge in [0.1, 0.15) is 5.76 Å². The highest BCUT2D eigenvalue weighted by atomic mass is 32.2. The van der Waals surface area contributed by atoms with Gasteiger partial charge in [0.25, 0.3) is 10.2 Å². The van der Waals surface area contributed by atoms with Gasteiger partial charge in [-0.1, -0.05) is 24.4 Å². The molecule has 0 spiro atoms. The first-order valence-electron chi connectivity index (χ1n) is 9.10. The zero-order valence-electron chi connectivity index (χ0n) is 15.3. The number of nitrogens with zero attached hydrogens (tertiary/aromatic N) is 4. The first kappa shape index (κ1) is 19.1. The topological polar surface area (TPSA) is 99.0 Å². The number of urea groups is 1. The van der Waals surface area contributed by atoms with Crippen molar-refractivity contribution in [3.8, 4) is 0 Å². The molecule has 0 unspecified atom stereocenters. The molecule has 1 N–H and O–H groups in total. The molecule has 146 valence electrons. The number of aryl methyl sites for hydroxylation is 1. The van der Waals surface area contributed by atoms with Gasteiger partial charge in [-0.2, -0.15) is 17.0 Å². The first-order valence-corrected chi connectivity index (χ1v) is 10.5. The van der Waals surface area contributed by atoms with Gasteiger partial charge in [0, 0.05) is 45.3 Å². The van der Waals surface area contributed by atoms with Crippen LogP contribution in [-0.4, -0.2) is 72.4 Å². The Morgan fingerprint density at radius 2 is 1.88 bits per heavy atom. The van der Waals surface area contributed by atoms with Crippen molar-refractivity contribution < 1.29 is 17.7 Å². The molecule has 1 aliphatic heterocycles. The molecule has 1 aliphatic carbocycles. The van der Waals surface area contributed by atoms with E-state index in [1.54, 1.807) is 24.9 Å². The number of nitrogens with one attached hydrogen (secondary N) is 1. The first-order chi connectivity index (χ1) is 12.4. The van der Waals surface area contributed by atoms with E-state index < -0.39 is 10.2 Å². The Kier molecular flexibility index (Phi) is 5.83. The third kappa shape index (κ3) is 4.18. The molecule has 9 nitrogen and oxygen atoms in total. The van der Waals surface area contributed by atoms with Crippen LogP contribution in [0.4, 0.5) is 10.6 Å². The zero-order valence-corrected chi connectivity index (χ0v) is 16.2. The van der Waals surface area contributed by atoms with Crippen molar-refractivity contribution in [2.45, 2.75) is 45.1 Å². The lowest BCUT2D eigenvalue weighted by Gasteiger charge is -2.38. The van der Waals surface area contributed by atoms with Crippen LogP contribution in [0.15, 0.2) is 10.6 Å². The van der Waals surface area contributed by atoms with E-state index in [2.05, 4.69) is 10.5 Å². The monoisotopic (exact) mass is 385 g/mol. The number of hydrogen-bond donors (Lipinski definition) is 1. The summed E-state index contributed by atoms with van der Waals surface area (Å²) in [6.07, 6.45) is 5.20. The van der Waals surface area contributed by atoms with E-state index in [0.717, 1.165) is 25.7 Å². The Balaban J connectivity index is 1.54. The van der Waals surface area contributed by atoms with Gasteiger partial charge in [-0.15, -0.1) is 0 Å². The normalized spacial score (nSPS) is 20.5. The Bertz CT molecular complexity index is 721. The van der Waals surface area contributed by atoms with E-state index in [-0.39, 0.29) is 12.1 Å². The third-order valence-electron chi connectivity index (χ3n) is 5.17. The Hall–Kier alpha value is -1.65. The SMILES string of the molecule is Cc1cc(NC(=O)N2CCN(S(=O)(=O)N(C)C3CCCCC3)CC2)no1. The maximum atomic E-state index is 12.9. The highest BCUT2D eigenvalue weighted by molar-refractivity contribution is 7.86. The van der Waals surface area contributed by atoms with Crippen molar-refractivity contribution in [2.24, 2.45) is 0 Å². The van der Waals surface area contributed by atoms with E-state index in [0.29, 0.717) is 37.8 Å². The number of amides is 2. The van der Waals surface area contributed by atoms with Crippen LogP contribution >= 0.6 is 0 Å².